The summed E-state index contributed by atoms with van der Waals surface area (Å²) in [6.45, 7) is 2.00. The molecule has 1 aliphatic rings. The second-order valence-electron chi connectivity index (χ2n) is 5.99. The summed E-state index contributed by atoms with van der Waals surface area (Å²) >= 11 is 0. The number of aryl methyl sites for hydroxylation is 1. The van der Waals surface area contributed by atoms with Gasteiger partial charge in [-0.1, -0.05) is 60.2 Å². The first-order valence-electron chi connectivity index (χ1n) is 7.77. The van der Waals surface area contributed by atoms with Crippen molar-refractivity contribution in [2.24, 2.45) is 0 Å². The zero-order chi connectivity index (χ0) is 16.7. The molecule has 0 amide bonds. The lowest BCUT2D eigenvalue weighted by Gasteiger charge is -2.30. The molecule has 0 radical (unpaired) electrons. The molecule has 1 aliphatic heterocycles. The molecule has 2 nitrogen and oxygen atoms in total. The number of benzene rings is 3. The van der Waals surface area contributed by atoms with E-state index in [1.807, 2.05) is 49.4 Å². The largest absolute Gasteiger partial charge is 0.441 e. The zero-order valence-corrected chi connectivity index (χ0v) is 13.1. The van der Waals surface area contributed by atoms with E-state index in [9.17, 15) is 9.18 Å². The van der Waals surface area contributed by atoms with Crippen molar-refractivity contribution in [3.05, 3.63) is 106 Å². The fraction of sp³-hybridized carbons (Fsp3) is 0.0952. The minimum absolute atomic E-state index is 0.324. The fourth-order valence-corrected chi connectivity index (χ4v) is 3.29. The van der Waals surface area contributed by atoms with Gasteiger partial charge in [-0.05, 0) is 25.1 Å². The van der Waals surface area contributed by atoms with Crippen LogP contribution in [-0.4, -0.2) is 5.97 Å². The van der Waals surface area contributed by atoms with E-state index in [2.05, 4.69) is 0 Å². The van der Waals surface area contributed by atoms with Crippen LogP contribution in [0.25, 0.3) is 0 Å². The van der Waals surface area contributed by atoms with Gasteiger partial charge in [0.15, 0.2) is 5.60 Å². The van der Waals surface area contributed by atoms with Crippen LogP contribution < -0.4 is 0 Å². The van der Waals surface area contributed by atoms with Crippen molar-refractivity contribution in [2.75, 3.05) is 0 Å². The summed E-state index contributed by atoms with van der Waals surface area (Å²) in [5, 5.41) is 0. The third kappa shape index (κ3) is 2.05. The molecule has 3 aromatic rings. The molecule has 118 valence electrons. The van der Waals surface area contributed by atoms with Crippen LogP contribution in [0.1, 0.15) is 32.6 Å². The van der Waals surface area contributed by atoms with Gasteiger partial charge < -0.3 is 4.74 Å². The summed E-state index contributed by atoms with van der Waals surface area (Å²) in [7, 11) is 0. The Morgan fingerprint density at radius 3 is 2.08 bits per heavy atom. The molecule has 0 bridgehead atoms. The van der Waals surface area contributed by atoms with E-state index in [1.54, 1.807) is 18.2 Å². The smallest absolute Gasteiger partial charge is 0.340 e. The van der Waals surface area contributed by atoms with Gasteiger partial charge in [-0.15, -0.1) is 0 Å². The standard InChI is InChI=1S/C21H15FO2/c1-14-6-8-15(9-7-14)21(16-10-12-17(22)13-11-16)19-5-3-2-4-18(19)20(23)24-21/h2-13H,1H3. The molecule has 1 atom stereocenters. The van der Waals surface area contributed by atoms with E-state index in [-0.39, 0.29) is 11.8 Å². The zero-order valence-electron chi connectivity index (χ0n) is 13.1. The van der Waals surface area contributed by atoms with Gasteiger partial charge in [-0.2, -0.15) is 0 Å². The molecule has 0 fully saturated rings. The first-order chi connectivity index (χ1) is 11.6. The van der Waals surface area contributed by atoms with E-state index in [1.165, 1.54) is 12.1 Å². The van der Waals surface area contributed by atoms with E-state index in [0.717, 1.165) is 22.3 Å². The summed E-state index contributed by atoms with van der Waals surface area (Å²) < 4.78 is 19.3. The Bertz CT molecular complexity index is 866. The van der Waals surface area contributed by atoms with Crippen LogP contribution in [0.4, 0.5) is 4.39 Å². The van der Waals surface area contributed by atoms with Gasteiger partial charge in [0.05, 0.1) is 5.56 Å². The highest BCUT2D eigenvalue weighted by atomic mass is 19.1. The summed E-state index contributed by atoms with van der Waals surface area (Å²) in [5.41, 5.74) is 2.97. The van der Waals surface area contributed by atoms with Gasteiger partial charge in [0.2, 0.25) is 0 Å². The number of rotatable bonds is 2. The van der Waals surface area contributed by atoms with Crippen LogP contribution >= 0.6 is 0 Å². The predicted molar refractivity (Wildman–Crippen MR) is 89.3 cm³/mol. The Kier molecular flexibility index (Phi) is 3.24. The number of hydrogen-bond acceptors (Lipinski definition) is 2. The van der Waals surface area contributed by atoms with Gasteiger partial charge in [-0.25, -0.2) is 9.18 Å². The lowest BCUT2D eigenvalue weighted by Crippen LogP contribution is -2.29. The number of fused-ring (bicyclic) bond motifs is 1. The second-order valence-corrected chi connectivity index (χ2v) is 5.99. The molecule has 0 N–H and O–H groups in total. The normalized spacial score (nSPS) is 19.0. The Morgan fingerprint density at radius 2 is 1.42 bits per heavy atom. The number of ether oxygens (including phenoxy) is 1. The van der Waals surface area contributed by atoms with Crippen LogP contribution in [-0.2, 0) is 10.3 Å². The lowest BCUT2D eigenvalue weighted by molar-refractivity contribution is 0.0251. The summed E-state index contributed by atoms with van der Waals surface area (Å²) in [4.78, 5) is 12.5. The molecule has 0 aliphatic carbocycles. The van der Waals surface area contributed by atoms with E-state index in [4.69, 9.17) is 4.74 Å². The number of hydrogen-bond donors (Lipinski definition) is 0. The van der Waals surface area contributed by atoms with Gasteiger partial charge in [0.1, 0.15) is 5.82 Å². The van der Waals surface area contributed by atoms with Crippen LogP contribution in [0.15, 0.2) is 72.8 Å². The molecule has 1 unspecified atom stereocenters. The van der Waals surface area contributed by atoms with Crippen molar-refractivity contribution in [3.63, 3.8) is 0 Å². The Hall–Kier alpha value is -2.94. The molecule has 24 heavy (non-hydrogen) atoms. The number of carbonyl (C=O) groups is 1. The maximum absolute atomic E-state index is 13.4. The quantitative estimate of drug-likeness (QED) is 0.646. The molecular formula is C21H15FO2. The first-order valence-corrected chi connectivity index (χ1v) is 7.77. The Morgan fingerprint density at radius 1 is 0.833 bits per heavy atom. The first kappa shape index (κ1) is 14.6. The van der Waals surface area contributed by atoms with Crippen LogP contribution in [0.3, 0.4) is 0 Å². The van der Waals surface area contributed by atoms with Crippen molar-refractivity contribution in [1.29, 1.82) is 0 Å². The lowest BCUT2D eigenvalue weighted by atomic mass is 9.80. The molecule has 0 spiro atoms. The van der Waals surface area contributed by atoms with E-state index >= 15 is 0 Å². The molecule has 1 heterocycles. The average Bonchev–Trinajstić information content (AvgIpc) is 2.91. The molecule has 0 saturated heterocycles. The monoisotopic (exact) mass is 318 g/mol. The molecule has 0 aromatic heterocycles. The molecular weight excluding hydrogens is 303 g/mol. The maximum Gasteiger partial charge on any atom is 0.340 e. The second kappa shape index (κ2) is 5.31. The Balaban J connectivity index is 2.03. The molecule has 0 saturated carbocycles. The molecule has 3 aromatic carbocycles. The maximum atomic E-state index is 13.4. The van der Waals surface area contributed by atoms with Gasteiger partial charge in [0, 0.05) is 16.7 Å². The minimum atomic E-state index is -1.05. The summed E-state index contributed by atoms with van der Waals surface area (Å²) in [6.07, 6.45) is 0. The molecule has 3 heteroatoms. The van der Waals surface area contributed by atoms with Crippen molar-refractivity contribution in [3.8, 4) is 0 Å². The highest BCUT2D eigenvalue weighted by Gasteiger charge is 2.48. The highest BCUT2D eigenvalue weighted by Crippen LogP contribution is 2.46. The van der Waals surface area contributed by atoms with Crippen molar-refractivity contribution < 1.29 is 13.9 Å². The van der Waals surface area contributed by atoms with Crippen LogP contribution in [0.2, 0.25) is 0 Å². The average molecular weight is 318 g/mol. The van der Waals surface area contributed by atoms with Gasteiger partial charge >= 0.3 is 5.97 Å². The van der Waals surface area contributed by atoms with Crippen LogP contribution in [0.5, 0.6) is 0 Å². The fourth-order valence-electron chi connectivity index (χ4n) is 3.29. The summed E-state index contributed by atoms with van der Waals surface area (Å²) in [6, 6.07) is 21.3. The van der Waals surface area contributed by atoms with Crippen LogP contribution in [0, 0.1) is 12.7 Å². The van der Waals surface area contributed by atoms with Crippen molar-refractivity contribution in [1.82, 2.24) is 0 Å². The SMILES string of the molecule is Cc1ccc(C2(c3ccc(F)cc3)OC(=O)c3ccccc32)cc1. The van der Waals surface area contributed by atoms with Crippen molar-refractivity contribution in [2.45, 2.75) is 12.5 Å². The number of carbonyl (C=O) groups excluding carboxylic acids is 1. The third-order valence-corrected chi connectivity index (χ3v) is 4.48. The summed E-state index contributed by atoms with van der Waals surface area (Å²) in [5.74, 6) is -0.689. The minimum Gasteiger partial charge on any atom is -0.441 e. The van der Waals surface area contributed by atoms with Gasteiger partial charge in [-0.3, -0.25) is 0 Å². The third-order valence-electron chi connectivity index (χ3n) is 4.48. The van der Waals surface area contributed by atoms with Crippen molar-refractivity contribution >= 4 is 5.97 Å². The van der Waals surface area contributed by atoms with E-state index < -0.39 is 5.60 Å². The topological polar surface area (TPSA) is 26.3 Å². The number of halogens is 1. The van der Waals surface area contributed by atoms with Gasteiger partial charge in [0.25, 0.3) is 0 Å². The number of cyclic esters (lactones) is 1. The number of esters is 1. The highest BCUT2D eigenvalue weighted by molar-refractivity contribution is 5.96. The Labute approximate surface area is 139 Å². The molecule has 4 rings (SSSR count). The van der Waals surface area contributed by atoms with E-state index in [0.29, 0.717) is 5.56 Å². The predicted octanol–water partition coefficient (Wildman–Crippen LogP) is 4.60.